The molecule has 0 aromatic heterocycles. The molecule has 1 heteroatoms. The highest BCUT2D eigenvalue weighted by Crippen LogP contribution is 2.45. The maximum atomic E-state index is 12.7. The smallest absolute Gasteiger partial charge is 0.166 e. The van der Waals surface area contributed by atoms with E-state index in [9.17, 15) is 4.79 Å². The van der Waals surface area contributed by atoms with Crippen LogP contribution in [0, 0.1) is 16.7 Å². The fourth-order valence-corrected chi connectivity index (χ4v) is 3.23. The summed E-state index contributed by atoms with van der Waals surface area (Å²) in [6, 6.07) is 9.63. The lowest BCUT2D eigenvalue weighted by molar-refractivity contribution is 0.0988. The molecule has 1 atom stereocenters. The van der Waals surface area contributed by atoms with Crippen LogP contribution in [0.3, 0.4) is 0 Å². The van der Waals surface area contributed by atoms with Gasteiger partial charge < -0.3 is 0 Å². The SMILES string of the molecule is CC(C)(C)C1=C(CC(=O)c2ccccc2)C(C(C)(C)C)C=C1. The molecule has 0 heterocycles. The van der Waals surface area contributed by atoms with Crippen molar-refractivity contribution in [2.24, 2.45) is 16.7 Å². The average molecular weight is 296 g/mol. The van der Waals surface area contributed by atoms with Gasteiger partial charge in [0.15, 0.2) is 5.78 Å². The highest BCUT2D eigenvalue weighted by Gasteiger charge is 2.35. The minimum absolute atomic E-state index is 0.0722. The lowest BCUT2D eigenvalue weighted by Gasteiger charge is -2.31. The maximum Gasteiger partial charge on any atom is 0.166 e. The predicted octanol–water partition coefficient (Wildman–Crippen LogP) is 5.83. The van der Waals surface area contributed by atoms with Crippen LogP contribution in [0.1, 0.15) is 58.3 Å². The third-order valence-corrected chi connectivity index (χ3v) is 4.36. The molecule has 118 valence electrons. The van der Waals surface area contributed by atoms with E-state index >= 15 is 0 Å². The molecule has 0 amide bonds. The van der Waals surface area contributed by atoms with Gasteiger partial charge in [0.2, 0.25) is 0 Å². The number of allylic oxidation sites excluding steroid dienone is 4. The highest BCUT2D eigenvalue weighted by molar-refractivity contribution is 5.97. The molecule has 0 saturated carbocycles. The second-order valence-corrected chi connectivity index (χ2v) is 8.36. The Bertz CT molecular complexity index is 604. The molecule has 0 fully saturated rings. The number of carbonyl (C=O) groups excluding carboxylic acids is 1. The third-order valence-electron chi connectivity index (χ3n) is 4.36. The van der Waals surface area contributed by atoms with Gasteiger partial charge in [0, 0.05) is 17.9 Å². The van der Waals surface area contributed by atoms with Gasteiger partial charge in [-0.25, -0.2) is 0 Å². The Morgan fingerprint density at radius 2 is 1.59 bits per heavy atom. The van der Waals surface area contributed by atoms with Gasteiger partial charge in [0.1, 0.15) is 0 Å². The van der Waals surface area contributed by atoms with Crippen molar-refractivity contribution in [1.29, 1.82) is 0 Å². The Balaban J connectivity index is 2.37. The van der Waals surface area contributed by atoms with E-state index in [1.165, 1.54) is 11.1 Å². The average Bonchev–Trinajstić information content (AvgIpc) is 2.83. The van der Waals surface area contributed by atoms with E-state index < -0.39 is 0 Å². The first-order chi connectivity index (χ1) is 10.1. The fraction of sp³-hybridized carbons (Fsp3) is 0.476. The molecule has 1 aromatic rings. The zero-order valence-electron chi connectivity index (χ0n) is 14.7. The van der Waals surface area contributed by atoms with E-state index in [-0.39, 0.29) is 16.6 Å². The summed E-state index contributed by atoms with van der Waals surface area (Å²) in [5.41, 5.74) is 3.65. The summed E-state index contributed by atoms with van der Waals surface area (Å²) < 4.78 is 0. The normalized spacial score (nSPS) is 18.9. The van der Waals surface area contributed by atoms with E-state index in [0.717, 1.165) is 5.56 Å². The Morgan fingerprint density at radius 3 is 2.09 bits per heavy atom. The Kier molecular flexibility index (Phi) is 4.47. The molecule has 22 heavy (non-hydrogen) atoms. The van der Waals surface area contributed by atoms with E-state index in [1.807, 2.05) is 30.3 Å². The van der Waals surface area contributed by atoms with Crippen molar-refractivity contribution in [2.75, 3.05) is 0 Å². The second-order valence-electron chi connectivity index (χ2n) is 8.36. The number of carbonyl (C=O) groups is 1. The molecule has 0 saturated heterocycles. The van der Waals surface area contributed by atoms with Crippen LogP contribution in [0.2, 0.25) is 0 Å². The largest absolute Gasteiger partial charge is 0.294 e. The van der Waals surface area contributed by atoms with E-state index in [0.29, 0.717) is 12.3 Å². The van der Waals surface area contributed by atoms with Crippen molar-refractivity contribution in [1.82, 2.24) is 0 Å². The number of hydrogen-bond acceptors (Lipinski definition) is 1. The summed E-state index contributed by atoms with van der Waals surface area (Å²) in [5, 5.41) is 0. The Labute approximate surface area is 135 Å². The lowest BCUT2D eigenvalue weighted by Crippen LogP contribution is -2.22. The molecule has 1 unspecified atom stereocenters. The van der Waals surface area contributed by atoms with Crippen molar-refractivity contribution in [3.63, 3.8) is 0 Å². The van der Waals surface area contributed by atoms with Crippen molar-refractivity contribution in [2.45, 2.75) is 48.0 Å². The summed E-state index contributed by atoms with van der Waals surface area (Å²) in [5.74, 6) is 0.560. The monoisotopic (exact) mass is 296 g/mol. The van der Waals surface area contributed by atoms with Crippen molar-refractivity contribution in [3.05, 3.63) is 59.2 Å². The molecule has 0 N–H and O–H groups in total. The molecule has 0 radical (unpaired) electrons. The van der Waals surface area contributed by atoms with Crippen LogP contribution in [0.4, 0.5) is 0 Å². The van der Waals surface area contributed by atoms with E-state index in [1.54, 1.807) is 0 Å². The number of rotatable bonds is 3. The molecule has 0 bridgehead atoms. The van der Waals surface area contributed by atoms with Gasteiger partial charge in [-0.2, -0.15) is 0 Å². The summed E-state index contributed by atoms with van der Waals surface area (Å²) in [6.45, 7) is 13.4. The number of benzene rings is 1. The van der Waals surface area contributed by atoms with Crippen LogP contribution in [0.25, 0.3) is 0 Å². The molecular formula is C21H28O. The first-order valence-corrected chi connectivity index (χ1v) is 8.10. The summed E-state index contributed by atoms with van der Waals surface area (Å²) >= 11 is 0. The zero-order valence-corrected chi connectivity index (χ0v) is 14.7. The van der Waals surface area contributed by atoms with Crippen LogP contribution in [0.5, 0.6) is 0 Å². The standard InChI is InChI=1S/C21H28O/c1-20(2,3)17-12-13-18(21(4,5)6)16(17)14-19(22)15-10-8-7-9-11-15/h7-13,17H,14H2,1-6H3. The minimum atomic E-state index is 0.0722. The number of hydrogen-bond donors (Lipinski definition) is 0. The summed E-state index contributed by atoms with van der Waals surface area (Å²) in [7, 11) is 0. The molecule has 0 aliphatic heterocycles. The van der Waals surface area contributed by atoms with Crippen LogP contribution in [0.15, 0.2) is 53.6 Å². The van der Waals surface area contributed by atoms with Gasteiger partial charge in [0.25, 0.3) is 0 Å². The molecule has 2 rings (SSSR count). The van der Waals surface area contributed by atoms with Crippen molar-refractivity contribution < 1.29 is 4.79 Å². The van der Waals surface area contributed by atoms with Gasteiger partial charge in [-0.05, 0) is 16.4 Å². The van der Waals surface area contributed by atoms with Crippen molar-refractivity contribution in [3.8, 4) is 0 Å². The topological polar surface area (TPSA) is 17.1 Å². The minimum Gasteiger partial charge on any atom is -0.294 e. The molecular weight excluding hydrogens is 268 g/mol. The molecule has 1 nitrogen and oxygen atoms in total. The van der Waals surface area contributed by atoms with Crippen molar-refractivity contribution >= 4 is 5.78 Å². The molecule has 1 aliphatic carbocycles. The van der Waals surface area contributed by atoms with Gasteiger partial charge >= 0.3 is 0 Å². The lowest BCUT2D eigenvalue weighted by atomic mass is 9.73. The van der Waals surface area contributed by atoms with Crippen LogP contribution < -0.4 is 0 Å². The molecule has 0 spiro atoms. The summed E-state index contributed by atoms with van der Waals surface area (Å²) in [4.78, 5) is 12.7. The Morgan fingerprint density at radius 1 is 1.00 bits per heavy atom. The molecule has 1 aromatic carbocycles. The second kappa shape index (κ2) is 5.87. The van der Waals surface area contributed by atoms with Crippen LogP contribution >= 0.6 is 0 Å². The predicted molar refractivity (Wildman–Crippen MR) is 94.0 cm³/mol. The number of Topliss-reactive ketones (excluding diaryl/α,β-unsaturated/α-hetero) is 1. The van der Waals surface area contributed by atoms with Gasteiger partial charge in [0.05, 0.1) is 0 Å². The Hall–Kier alpha value is -1.63. The first kappa shape index (κ1) is 16.7. The number of ketones is 1. The summed E-state index contributed by atoms with van der Waals surface area (Å²) in [6.07, 6.45) is 5.04. The van der Waals surface area contributed by atoms with Gasteiger partial charge in [-0.3, -0.25) is 4.79 Å². The van der Waals surface area contributed by atoms with E-state index in [4.69, 9.17) is 0 Å². The van der Waals surface area contributed by atoms with Crippen LogP contribution in [-0.2, 0) is 0 Å². The van der Waals surface area contributed by atoms with Gasteiger partial charge in [-0.15, -0.1) is 0 Å². The van der Waals surface area contributed by atoms with Crippen LogP contribution in [-0.4, -0.2) is 5.78 Å². The maximum absolute atomic E-state index is 12.7. The van der Waals surface area contributed by atoms with E-state index in [2.05, 4.69) is 53.7 Å². The first-order valence-electron chi connectivity index (χ1n) is 8.10. The molecule has 1 aliphatic rings. The highest BCUT2D eigenvalue weighted by atomic mass is 16.1. The zero-order chi connectivity index (χ0) is 16.5. The fourth-order valence-electron chi connectivity index (χ4n) is 3.23. The van der Waals surface area contributed by atoms with Gasteiger partial charge in [-0.1, -0.05) is 89.6 Å². The quantitative estimate of drug-likeness (QED) is 0.641. The third kappa shape index (κ3) is 3.58.